The maximum absolute atomic E-state index is 11.0. The van der Waals surface area contributed by atoms with Gasteiger partial charge in [0.05, 0.1) is 5.56 Å². The molecule has 0 unspecified atom stereocenters. The molecular formula is C9H10BO2. The van der Waals surface area contributed by atoms with Crippen LogP contribution in [0.2, 0.25) is 6.82 Å². The predicted octanol–water partition coefficient (Wildman–Crippen LogP) is 0.972. The maximum Gasteiger partial charge on any atom is 0.163 e. The smallest absolute Gasteiger partial charge is 0.163 e. The number of hydrogen-bond acceptors (Lipinski definition) is 2. The van der Waals surface area contributed by atoms with Crippen LogP contribution in [0.3, 0.4) is 0 Å². The molecule has 1 radical (unpaired) electrons. The number of hydrogen-bond donors (Lipinski definition) is 1. The summed E-state index contributed by atoms with van der Waals surface area (Å²) in [6.45, 7) is 3.32. The number of rotatable bonds is 2. The lowest BCUT2D eigenvalue weighted by Crippen LogP contribution is -2.11. The highest BCUT2D eigenvalue weighted by atomic mass is 16.3. The summed E-state index contributed by atoms with van der Waals surface area (Å²) in [4.78, 5) is 11.0. The van der Waals surface area contributed by atoms with Crippen LogP contribution < -0.4 is 5.46 Å². The number of Topliss-reactive ketones (excluding diaryl/α,β-unsaturated/α-hetero) is 1. The minimum absolute atomic E-state index is 0.0492. The second kappa shape index (κ2) is 3.43. The van der Waals surface area contributed by atoms with E-state index in [1.807, 2.05) is 14.1 Å². The molecule has 12 heavy (non-hydrogen) atoms. The normalized spacial score (nSPS) is 9.50. The monoisotopic (exact) mass is 161 g/mol. The van der Waals surface area contributed by atoms with Gasteiger partial charge in [0.2, 0.25) is 0 Å². The number of aromatic hydroxyl groups is 1. The van der Waals surface area contributed by atoms with Crippen LogP contribution >= 0.6 is 0 Å². The van der Waals surface area contributed by atoms with Crippen molar-refractivity contribution in [1.29, 1.82) is 0 Å². The Bertz CT molecular complexity index is 307. The lowest BCUT2D eigenvalue weighted by molar-refractivity contribution is 0.101. The SMILES string of the molecule is C[B]c1ccc(O)c(C(C)=O)c1. The van der Waals surface area contributed by atoms with Crippen molar-refractivity contribution in [1.82, 2.24) is 0 Å². The minimum Gasteiger partial charge on any atom is -0.507 e. The molecule has 0 amide bonds. The first-order valence-electron chi connectivity index (χ1n) is 3.78. The molecule has 0 aliphatic rings. The van der Waals surface area contributed by atoms with Crippen LogP contribution in [0.15, 0.2) is 18.2 Å². The van der Waals surface area contributed by atoms with E-state index in [-0.39, 0.29) is 11.5 Å². The summed E-state index contributed by atoms with van der Waals surface area (Å²) < 4.78 is 0. The molecule has 0 heterocycles. The van der Waals surface area contributed by atoms with Crippen LogP contribution in [0, 0.1) is 0 Å². The number of carbonyl (C=O) groups is 1. The third-order valence-electron chi connectivity index (χ3n) is 1.73. The summed E-state index contributed by atoms with van der Waals surface area (Å²) in [7, 11) is 1.88. The third kappa shape index (κ3) is 1.67. The molecule has 1 rings (SSSR count). The fraction of sp³-hybridized carbons (Fsp3) is 0.222. The molecule has 0 bridgehead atoms. The van der Waals surface area contributed by atoms with Crippen molar-refractivity contribution in [2.75, 3.05) is 0 Å². The van der Waals surface area contributed by atoms with Crippen molar-refractivity contribution >= 4 is 18.5 Å². The van der Waals surface area contributed by atoms with Crippen LogP contribution in [0.25, 0.3) is 0 Å². The average Bonchev–Trinajstić information content (AvgIpc) is 2.05. The van der Waals surface area contributed by atoms with E-state index in [1.165, 1.54) is 13.0 Å². The molecule has 0 spiro atoms. The largest absolute Gasteiger partial charge is 0.507 e. The molecule has 1 aromatic carbocycles. The van der Waals surface area contributed by atoms with Gasteiger partial charge in [-0.2, -0.15) is 0 Å². The number of benzene rings is 1. The molecule has 0 atom stereocenters. The number of phenols is 1. The molecular weight excluding hydrogens is 151 g/mol. The first kappa shape index (κ1) is 8.85. The summed E-state index contributed by atoms with van der Waals surface area (Å²) in [6, 6.07) is 4.98. The van der Waals surface area contributed by atoms with Gasteiger partial charge in [-0.25, -0.2) is 0 Å². The highest BCUT2D eigenvalue weighted by Crippen LogP contribution is 2.14. The van der Waals surface area contributed by atoms with Crippen LogP contribution in [0.4, 0.5) is 0 Å². The van der Waals surface area contributed by atoms with Gasteiger partial charge in [0.1, 0.15) is 13.0 Å². The maximum atomic E-state index is 11.0. The second-order valence-corrected chi connectivity index (χ2v) is 2.62. The van der Waals surface area contributed by atoms with Gasteiger partial charge < -0.3 is 5.11 Å². The van der Waals surface area contributed by atoms with Crippen molar-refractivity contribution in [3.05, 3.63) is 23.8 Å². The molecule has 61 valence electrons. The topological polar surface area (TPSA) is 37.3 Å². The van der Waals surface area contributed by atoms with Crippen LogP contribution in [0.5, 0.6) is 5.75 Å². The zero-order valence-corrected chi connectivity index (χ0v) is 7.16. The summed E-state index contributed by atoms with van der Waals surface area (Å²) in [5, 5.41) is 9.27. The van der Waals surface area contributed by atoms with Crippen molar-refractivity contribution in [3.63, 3.8) is 0 Å². The summed E-state index contributed by atoms with van der Waals surface area (Å²) in [5.41, 5.74) is 1.32. The molecule has 0 saturated carbocycles. The van der Waals surface area contributed by atoms with Gasteiger partial charge in [-0.3, -0.25) is 4.79 Å². The molecule has 0 fully saturated rings. The minimum atomic E-state index is -0.115. The first-order valence-corrected chi connectivity index (χ1v) is 3.78. The Balaban J connectivity index is 3.17. The Morgan fingerprint density at radius 2 is 2.17 bits per heavy atom. The van der Waals surface area contributed by atoms with E-state index in [9.17, 15) is 9.90 Å². The predicted molar refractivity (Wildman–Crippen MR) is 49.4 cm³/mol. The van der Waals surface area contributed by atoms with Crippen molar-refractivity contribution < 1.29 is 9.90 Å². The van der Waals surface area contributed by atoms with Crippen molar-refractivity contribution in [2.24, 2.45) is 0 Å². The number of phenolic OH excluding ortho intramolecular Hbond substituents is 1. The van der Waals surface area contributed by atoms with E-state index >= 15 is 0 Å². The van der Waals surface area contributed by atoms with E-state index in [0.717, 1.165) is 5.46 Å². The quantitative estimate of drug-likeness (QED) is 0.518. The van der Waals surface area contributed by atoms with Crippen molar-refractivity contribution in [2.45, 2.75) is 13.7 Å². The van der Waals surface area contributed by atoms with E-state index in [1.54, 1.807) is 12.1 Å². The van der Waals surface area contributed by atoms with E-state index < -0.39 is 0 Å². The Morgan fingerprint density at radius 3 is 2.67 bits per heavy atom. The lowest BCUT2D eigenvalue weighted by atomic mass is 9.73. The van der Waals surface area contributed by atoms with Gasteiger partial charge in [0, 0.05) is 0 Å². The van der Waals surface area contributed by atoms with E-state index in [4.69, 9.17) is 0 Å². The van der Waals surface area contributed by atoms with E-state index in [2.05, 4.69) is 0 Å². The van der Waals surface area contributed by atoms with Gasteiger partial charge in [0.25, 0.3) is 0 Å². The average molecular weight is 161 g/mol. The molecule has 2 nitrogen and oxygen atoms in total. The number of carbonyl (C=O) groups excluding carboxylic acids is 1. The van der Waals surface area contributed by atoms with Crippen LogP contribution in [-0.4, -0.2) is 18.2 Å². The van der Waals surface area contributed by atoms with Gasteiger partial charge >= 0.3 is 0 Å². The zero-order valence-electron chi connectivity index (χ0n) is 7.16. The van der Waals surface area contributed by atoms with Crippen LogP contribution in [-0.2, 0) is 0 Å². The molecule has 0 aliphatic heterocycles. The van der Waals surface area contributed by atoms with Gasteiger partial charge in [-0.15, -0.1) is 0 Å². The molecule has 1 aromatic rings. The van der Waals surface area contributed by atoms with E-state index in [0.29, 0.717) is 5.56 Å². The number of ketones is 1. The Morgan fingerprint density at radius 1 is 1.50 bits per heavy atom. The Labute approximate surface area is 72.5 Å². The summed E-state index contributed by atoms with van der Waals surface area (Å²) in [6.07, 6.45) is 0. The highest BCUT2D eigenvalue weighted by molar-refractivity contribution is 6.52. The second-order valence-electron chi connectivity index (χ2n) is 2.62. The fourth-order valence-electron chi connectivity index (χ4n) is 1.02. The fourth-order valence-corrected chi connectivity index (χ4v) is 1.02. The Kier molecular flexibility index (Phi) is 2.53. The van der Waals surface area contributed by atoms with Gasteiger partial charge in [0.15, 0.2) is 5.78 Å². The van der Waals surface area contributed by atoms with Gasteiger partial charge in [-0.1, -0.05) is 24.4 Å². The first-order chi connectivity index (χ1) is 5.65. The third-order valence-corrected chi connectivity index (χ3v) is 1.73. The summed E-state index contributed by atoms with van der Waals surface area (Å²) in [5.74, 6) is -0.0655. The zero-order chi connectivity index (χ0) is 9.14. The lowest BCUT2D eigenvalue weighted by Gasteiger charge is -2.02. The molecule has 0 aromatic heterocycles. The summed E-state index contributed by atoms with van der Waals surface area (Å²) >= 11 is 0. The molecule has 0 aliphatic carbocycles. The Hall–Kier alpha value is -1.25. The molecule has 3 heteroatoms. The standard InChI is InChI=1S/C9H10BO2/c1-6(11)8-5-7(10-2)3-4-9(8)12/h3-5,12H,1-2H3. The molecule has 0 saturated heterocycles. The highest BCUT2D eigenvalue weighted by Gasteiger charge is 2.05. The van der Waals surface area contributed by atoms with Crippen LogP contribution in [0.1, 0.15) is 17.3 Å². The van der Waals surface area contributed by atoms with Crippen molar-refractivity contribution in [3.8, 4) is 5.75 Å². The molecule has 1 N–H and O–H groups in total. The van der Waals surface area contributed by atoms with Gasteiger partial charge in [-0.05, 0) is 13.0 Å².